The van der Waals surface area contributed by atoms with Crippen molar-refractivity contribution in [3.8, 4) is 0 Å². The van der Waals surface area contributed by atoms with Crippen molar-refractivity contribution < 1.29 is 9.53 Å². The molecule has 0 radical (unpaired) electrons. The highest BCUT2D eigenvalue weighted by atomic mass is 32.2. The van der Waals surface area contributed by atoms with Crippen LogP contribution in [0.1, 0.15) is 51.4 Å². The number of Topliss-reactive ketones (excluding diaryl/α,β-unsaturated/α-hetero) is 1. The molecule has 1 atom stereocenters. The first-order valence-electron chi connectivity index (χ1n) is 8.52. The number of hydrogen-bond donors (Lipinski definition) is 0. The van der Waals surface area contributed by atoms with Crippen LogP contribution >= 0.6 is 0 Å². The van der Waals surface area contributed by atoms with Gasteiger partial charge < -0.3 is 4.74 Å². The van der Waals surface area contributed by atoms with Gasteiger partial charge in [-0.25, -0.2) is 0 Å². The lowest BCUT2D eigenvalue weighted by molar-refractivity contribution is -0.113. The molecule has 1 saturated heterocycles. The Kier molecular flexibility index (Phi) is 5.59. The maximum atomic E-state index is 12.3. The van der Waals surface area contributed by atoms with Crippen molar-refractivity contribution in [1.82, 2.24) is 0 Å². The number of hydrogen-bond acceptors (Lipinski definition) is 2. The van der Waals surface area contributed by atoms with Crippen LogP contribution in [0.5, 0.6) is 0 Å². The highest BCUT2D eigenvalue weighted by Gasteiger charge is 2.28. The summed E-state index contributed by atoms with van der Waals surface area (Å²) in [5, 5.41) is 0. The van der Waals surface area contributed by atoms with Crippen LogP contribution in [0, 0.1) is 0 Å². The molecule has 3 aliphatic rings. The highest BCUT2D eigenvalue weighted by molar-refractivity contribution is 7.97. The fourth-order valence-corrected chi connectivity index (χ4v) is 5.74. The van der Waals surface area contributed by atoms with Gasteiger partial charge in [-0.3, -0.25) is 4.79 Å². The first kappa shape index (κ1) is 15.4. The topological polar surface area (TPSA) is 26.3 Å². The first-order valence-corrected chi connectivity index (χ1v) is 10.3. The van der Waals surface area contributed by atoms with Gasteiger partial charge in [0.2, 0.25) is 5.78 Å². The Morgan fingerprint density at radius 3 is 2.57 bits per heavy atom. The van der Waals surface area contributed by atoms with Gasteiger partial charge in [-0.05, 0) is 43.0 Å². The predicted octanol–water partition coefficient (Wildman–Crippen LogP) is 3.57. The predicted molar refractivity (Wildman–Crippen MR) is 89.8 cm³/mol. The molecule has 0 bridgehead atoms. The van der Waals surface area contributed by atoms with Crippen LogP contribution in [0.3, 0.4) is 0 Å². The van der Waals surface area contributed by atoms with Crippen molar-refractivity contribution in [2.45, 2.75) is 63.6 Å². The number of ketones is 1. The van der Waals surface area contributed by atoms with E-state index in [9.17, 15) is 4.79 Å². The summed E-state index contributed by atoms with van der Waals surface area (Å²) in [7, 11) is 0.371. The molecule has 3 heteroatoms. The summed E-state index contributed by atoms with van der Waals surface area (Å²) < 4.78 is 6.15. The standard InChI is InChI=1S/C18H27O2S/c19-18(14-21-12-4-5-13-21)15-8-10-17(11-9-15)20-16-6-2-1-3-7-16/h8-10,16-17H,1-7,11-14H2/q+1. The smallest absolute Gasteiger partial charge is 0.211 e. The van der Waals surface area contributed by atoms with Crippen LogP contribution in [0.2, 0.25) is 0 Å². The van der Waals surface area contributed by atoms with E-state index in [0.29, 0.717) is 22.8 Å². The zero-order chi connectivity index (χ0) is 14.5. The highest BCUT2D eigenvalue weighted by Crippen LogP contribution is 2.25. The second kappa shape index (κ2) is 7.64. The van der Waals surface area contributed by atoms with Crippen molar-refractivity contribution >= 4 is 16.7 Å². The van der Waals surface area contributed by atoms with E-state index in [1.165, 1.54) is 56.5 Å². The summed E-state index contributed by atoms with van der Waals surface area (Å²) in [4.78, 5) is 12.3. The lowest BCUT2D eigenvalue weighted by Gasteiger charge is -2.26. The summed E-state index contributed by atoms with van der Waals surface area (Å²) >= 11 is 0. The van der Waals surface area contributed by atoms with E-state index in [4.69, 9.17) is 4.74 Å². The van der Waals surface area contributed by atoms with E-state index in [1.54, 1.807) is 0 Å². The van der Waals surface area contributed by atoms with E-state index < -0.39 is 0 Å². The van der Waals surface area contributed by atoms with Gasteiger partial charge in [-0.15, -0.1) is 0 Å². The van der Waals surface area contributed by atoms with Gasteiger partial charge >= 0.3 is 0 Å². The Hall–Kier alpha value is -0.540. The lowest BCUT2D eigenvalue weighted by atomic mass is 9.97. The SMILES string of the molecule is O=C(C[S+]1CCCC1)C1=CCC(OC2CCCCC2)C=C1. The van der Waals surface area contributed by atoms with E-state index in [2.05, 4.69) is 12.2 Å². The second-order valence-electron chi connectivity index (χ2n) is 6.48. The van der Waals surface area contributed by atoms with Crippen LogP contribution in [-0.4, -0.2) is 35.2 Å². The molecule has 0 amide bonds. The fourth-order valence-electron chi connectivity index (χ4n) is 3.48. The third-order valence-corrected chi connectivity index (χ3v) is 7.16. The summed E-state index contributed by atoms with van der Waals surface area (Å²) in [5.74, 6) is 3.68. The van der Waals surface area contributed by atoms with E-state index in [-0.39, 0.29) is 6.10 Å². The quantitative estimate of drug-likeness (QED) is 0.726. The Labute approximate surface area is 131 Å². The maximum absolute atomic E-state index is 12.3. The lowest BCUT2D eigenvalue weighted by Crippen LogP contribution is -2.25. The molecule has 0 aromatic carbocycles. The van der Waals surface area contributed by atoms with E-state index in [0.717, 1.165) is 17.7 Å². The number of carbonyl (C=O) groups excluding carboxylic acids is 1. The Balaban J connectivity index is 1.45. The Morgan fingerprint density at radius 2 is 1.90 bits per heavy atom. The molecule has 2 nitrogen and oxygen atoms in total. The summed E-state index contributed by atoms with van der Waals surface area (Å²) in [6.07, 6.45) is 16.8. The van der Waals surface area contributed by atoms with Gasteiger partial charge in [0.1, 0.15) is 11.5 Å². The molecule has 0 spiro atoms. The number of carbonyl (C=O) groups is 1. The summed E-state index contributed by atoms with van der Waals surface area (Å²) in [5.41, 5.74) is 0.929. The molecule has 2 fully saturated rings. The zero-order valence-corrected chi connectivity index (χ0v) is 13.7. The van der Waals surface area contributed by atoms with Gasteiger partial charge in [0.05, 0.1) is 12.2 Å². The van der Waals surface area contributed by atoms with Gasteiger partial charge in [0.25, 0.3) is 0 Å². The molecule has 3 rings (SSSR count). The molecule has 1 aliphatic heterocycles. The molecule has 116 valence electrons. The molecule has 1 saturated carbocycles. The van der Waals surface area contributed by atoms with Gasteiger partial charge in [0.15, 0.2) is 5.75 Å². The molecule has 2 aliphatic carbocycles. The largest absolute Gasteiger partial charge is 0.371 e. The molecule has 0 N–H and O–H groups in total. The number of ether oxygens (including phenoxy) is 1. The van der Waals surface area contributed by atoms with Crippen molar-refractivity contribution in [3.05, 3.63) is 23.8 Å². The molecular formula is C18H27O2S+. The number of allylic oxidation sites excluding steroid dienone is 2. The molecular weight excluding hydrogens is 280 g/mol. The van der Waals surface area contributed by atoms with E-state index >= 15 is 0 Å². The Morgan fingerprint density at radius 1 is 1.14 bits per heavy atom. The first-order chi connectivity index (χ1) is 10.3. The number of rotatable bonds is 5. The van der Waals surface area contributed by atoms with Crippen molar-refractivity contribution in [2.75, 3.05) is 17.3 Å². The minimum absolute atomic E-state index is 0.193. The van der Waals surface area contributed by atoms with Crippen LogP contribution < -0.4 is 0 Å². The van der Waals surface area contributed by atoms with E-state index in [1.807, 2.05) is 6.08 Å². The van der Waals surface area contributed by atoms with Crippen molar-refractivity contribution in [1.29, 1.82) is 0 Å². The Bertz CT molecular complexity index is 415. The minimum atomic E-state index is 0.193. The zero-order valence-electron chi connectivity index (χ0n) is 12.9. The molecule has 0 aromatic heterocycles. The van der Waals surface area contributed by atoms with Crippen LogP contribution in [0.4, 0.5) is 0 Å². The normalized spacial score (nSPS) is 27.8. The maximum Gasteiger partial charge on any atom is 0.211 e. The second-order valence-corrected chi connectivity index (χ2v) is 8.81. The van der Waals surface area contributed by atoms with Crippen LogP contribution in [-0.2, 0) is 20.4 Å². The molecule has 21 heavy (non-hydrogen) atoms. The monoisotopic (exact) mass is 307 g/mol. The summed E-state index contributed by atoms with van der Waals surface area (Å²) in [6.45, 7) is 0. The average molecular weight is 307 g/mol. The summed E-state index contributed by atoms with van der Waals surface area (Å²) in [6, 6.07) is 0. The molecule has 0 aromatic rings. The average Bonchev–Trinajstić information content (AvgIpc) is 3.02. The third-order valence-electron chi connectivity index (χ3n) is 4.75. The minimum Gasteiger partial charge on any atom is -0.371 e. The van der Waals surface area contributed by atoms with Crippen molar-refractivity contribution in [3.63, 3.8) is 0 Å². The van der Waals surface area contributed by atoms with Crippen LogP contribution in [0.15, 0.2) is 23.8 Å². The van der Waals surface area contributed by atoms with Crippen LogP contribution in [0.25, 0.3) is 0 Å². The fraction of sp³-hybridized carbons (Fsp3) is 0.722. The molecule has 1 unspecified atom stereocenters. The molecule has 1 heterocycles. The van der Waals surface area contributed by atoms with Gasteiger partial charge in [-0.1, -0.05) is 37.5 Å². The third kappa shape index (κ3) is 4.46. The van der Waals surface area contributed by atoms with Crippen molar-refractivity contribution in [2.24, 2.45) is 0 Å². The van der Waals surface area contributed by atoms with Gasteiger partial charge in [-0.2, -0.15) is 0 Å². The van der Waals surface area contributed by atoms with Gasteiger partial charge in [0, 0.05) is 5.57 Å².